The van der Waals surface area contributed by atoms with Crippen LogP contribution in [-0.2, 0) is 12.8 Å². The molecule has 0 saturated carbocycles. The molecule has 2 aromatic rings. The third kappa shape index (κ3) is 3.24. The zero-order valence-corrected chi connectivity index (χ0v) is 14.1. The minimum absolute atomic E-state index is 0.828. The van der Waals surface area contributed by atoms with Crippen LogP contribution < -0.4 is 10.1 Å². The molecule has 21 heavy (non-hydrogen) atoms. The normalized spacial score (nSPS) is 12.9. The second-order valence-corrected chi connectivity index (χ2v) is 6.43. The number of anilines is 1. The van der Waals surface area contributed by atoms with E-state index in [-0.39, 0.29) is 0 Å². The van der Waals surface area contributed by atoms with E-state index in [4.69, 9.17) is 4.74 Å². The minimum Gasteiger partial charge on any atom is -0.493 e. The van der Waals surface area contributed by atoms with Crippen molar-refractivity contribution in [3.05, 3.63) is 57.1 Å². The summed E-state index contributed by atoms with van der Waals surface area (Å²) in [5.74, 6) is 1.06. The molecule has 1 aliphatic rings. The van der Waals surface area contributed by atoms with Gasteiger partial charge in [-0.15, -0.1) is 0 Å². The van der Waals surface area contributed by atoms with E-state index in [1.54, 1.807) is 0 Å². The number of ether oxygens (including phenoxy) is 1. The summed E-state index contributed by atoms with van der Waals surface area (Å²) in [7, 11) is 0. The number of rotatable bonds is 4. The molecule has 0 aromatic heterocycles. The zero-order valence-electron chi connectivity index (χ0n) is 12.5. The molecular weight excluding hydrogens is 326 g/mol. The number of fused-ring (bicyclic) bond motifs is 1. The van der Waals surface area contributed by atoms with Crippen molar-refractivity contribution in [3.63, 3.8) is 0 Å². The largest absolute Gasteiger partial charge is 0.493 e. The quantitative estimate of drug-likeness (QED) is 0.870. The van der Waals surface area contributed by atoms with Crippen molar-refractivity contribution in [1.82, 2.24) is 0 Å². The molecule has 2 aromatic carbocycles. The first-order chi connectivity index (χ1) is 10.1. The Morgan fingerprint density at radius 2 is 1.90 bits per heavy atom. The highest BCUT2D eigenvalue weighted by atomic mass is 79.9. The first kappa shape index (κ1) is 14.5. The summed E-state index contributed by atoms with van der Waals surface area (Å²) in [6, 6.07) is 10.9. The van der Waals surface area contributed by atoms with E-state index in [1.807, 2.05) is 0 Å². The second-order valence-electron chi connectivity index (χ2n) is 5.64. The fourth-order valence-electron chi connectivity index (χ4n) is 2.79. The van der Waals surface area contributed by atoms with Crippen molar-refractivity contribution in [3.8, 4) is 5.75 Å². The Labute approximate surface area is 134 Å². The van der Waals surface area contributed by atoms with Gasteiger partial charge in [-0.1, -0.05) is 28.1 Å². The van der Waals surface area contributed by atoms with Crippen LogP contribution in [0.1, 0.15) is 22.3 Å². The summed E-state index contributed by atoms with van der Waals surface area (Å²) in [4.78, 5) is 0. The van der Waals surface area contributed by atoms with E-state index in [0.29, 0.717) is 0 Å². The summed E-state index contributed by atoms with van der Waals surface area (Å²) in [6.07, 6.45) is 2.07. The van der Waals surface area contributed by atoms with Gasteiger partial charge in [0.1, 0.15) is 5.75 Å². The molecule has 0 atom stereocenters. The van der Waals surface area contributed by atoms with Crippen LogP contribution >= 0.6 is 15.9 Å². The highest BCUT2D eigenvalue weighted by Crippen LogP contribution is 2.27. The molecule has 0 fully saturated rings. The minimum atomic E-state index is 0.828. The molecule has 0 spiro atoms. The molecular formula is C18H20BrNO. The van der Waals surface area contributed by atoms with Gasteiger partial charge < -0.3 is 10.1 Å². The molecule has 0 amide bonds. The SMILES string of the molecule is Cc1cc(NCCc2ccc3c(c2)CCO3)cc(C)c1Br. The van der Waals surface area contributed by atoms with Crippen molar-refractivity contribution in [2.24, 2.45) is 0 Å². The van der Waals surface area contributed by atoms with Crippen molar-refractivity contribution in [2.45, 2.75) is 26.7 Å². The lowest BCUT2D eigenvalue weighted by molar-refractivity contribution is 0.357. The standard InChI is InChI=1S/C18H20BrNO/c1-12-9-16(10-13(2)18(12)19)20-7-5-14-3-4-17-15(11-14)6-8-21-17/h3-4,9-11,20H,5-8H2,1-2H3. The number of hydrogen-bond acceptors (Lipinski definition) is 2. The molecule has 3 heteroatoms. The highest BCUT2D eigenvalue weighted by molar-refractivity contribution is 9.10. The average molecular weight is 346 g/mol. The van der Waals surface area contributed by atoms with Gasteiger partial charge in [-0.3, -0.25) is 0 Å². The number of hydrogen-bond donors (Lipinski definition) is 1. The predicted octanol–water partition coefficient (Wildman–Crippen LogP) is 4.66. The molecule has 3 rings (SSSR count). The molecule has 0 bridgehead atoms. The Hall–Kier alpha value is -1.48. The van der Waals surface area contributed by atoms with Crippen LogP contribution in [0.2, 0.25) is 0 Å². The number of benzene rings is 2. The third-order valence-corrected chi connectivity index (χ3v) is 5.18. The maximum Gasteiger partial charge on any atom is 0.122 e. The zero-order chi connectivity index (χ0) is 14.8. The molecule has 1 aliphatic heterocycles. The lowest BCUT2D eigenvalue weighted by Gasteiger charge is -2.11. The monoisotopic (exact) mass is 345 g/mol. The van der Waals surface area contributed by atoms with Crippen LogP contribution in [0.15, 0.2) is 34.8 Å². The summed E-state index contributed by atoms with van der Waals surface area (Å²) in [5.41, 5.74) is 6.46. The van der Waals surface area contributed by atoms with Crippen LogP contribution in [0.4, 0.5) is 5.69 Å². The van der Waals surface area contributed by atoms with Crippen LogP contribution in [0.25, 0.3) is 0 Å². The number of aryl methyl sites for hydroxylation is 2. The average Bonchev–Trinajstić information content (AvgIpc) is 2.92. The van der Waals surface area contributed by atoms with Gasteiger partial charge in [-0.05, 0) is 60.7 Å². The van der Waals surface area contributed by atoms with Gasteiger partial charge in [0.15, 0.2) is 0 Å². The van der Waals surface area contributed by atoms with Crippen molar-refractivity contribution in [1.29, 1.82) is 0 Å². The Balaban J connectivity index is 1.61. The molecule has 110 valence electrons. The summed E-state index contributed by atoms with van der Waals surface area (Å²) in [6.45, 7) is 6.03. The molecule has 0 radical (unpaired) electrons. The van der Waals surface area contributed by atoms with E-state index in [9.17, 15) is 0 Å². The Morgan fingerprint density at radius 1 is 1.14 bits per heavy atom. The Bertz CT molecular complexity index is 643. The van der Waals surface area contributed by atoms with Crippen molar-refractivity contribution in [2.75, 3.05) is 18.5 Å². The Kier molecular flexibility index (Phi) is 4.20. The highest BCUT2D eigenvalue weighted by Gasteiger charge is 2.11. The number of nitrogens with one attached hydrogen (secondary N) is 1. The van der Waals surface area contributed by atoms with Gasteiger partial charge >= 0.3 is 0 Å². The lowest BCUT2D eigenvalue weighted by atomic mass is 10.1. The van der Waals surface area contributed by atoms with Crippen LogP contribution in [-0.4, -0.2) is 13.2 Å². The molecule has 2 nitrogen and oxygen atoms in total. The van der Waals surface area contributed by atoms with E-state index >= 15 is 0 Å². The summed E-state index contributed by atoms with van der Waals surface area (Å²) in [5, 5.41) is 3.52. The van der Waals surface area contributed by atoms with Gasteiger partial charge in [0.2, 0.25) is 0 Å². The fraction of sp³-hybridized carbons (Fsp3) is 0.333. The second kappa shape index (κ2) is 6.10. The number of halogens is 1. The molecule has 0 saturated heterocycles. The third-order valence-electron chi connectivity index (χ3n) is 3.93. The lowest BCUT2D eigenvalue weighted by Crippen LogP contribution is -2.05. The molecule has 0 unspecified atom stereocenters. The molecule has 0 aliphatic carbocycles. The van der Waals surface area contributed by atoms with E-state index in [0.717, 1.165) is 31.7 Å². The topological polar surface area (TPSA) is 21.3 Å². The van der Waals surface area contributed by atoms with E-state index in [2.05, 4.69) is 65.4 Å². The van der Waals surface area contributed by atoms with Crippen LogP contribution in [0.5, 0.6) is 5.75 Å². The smallest absolute Gasteiger partial charge is 0.122 e. The maximum atomic E-state index is 5.54. The van der Waals surface area contributed by atoms with Crippen LogP contribution in [0, 0.1) is 13.8 Å². The van der Waals surface area contributed by atoms with Gasteiger partial charge in [-0.2, -0.15) is 0 Å². The maximum absolute atomic E-state index is 5.54. The first-order valence-electron chi connectivity index (χ1n) is 7.39. The Morgan fingerprint density at radius 3 is 2.67 bits per heavy atom. The van der Waals surface area contributed by atoms with Gasteiger partial charge in [-0.25, -0.2) is 0 Å². The fourth-order valence-corrected chi connectivity index (χ4v) is 3.02. The summed E-state index contributed by atoms with van der Waals surface area (Å²) < 4.78 is 6.75. The molecule has 1 heterocycles. The van der Waals surface area contributed by atoms with Crippen molar-refractivity contribution < 1.29 is 4.74 Å². The van der Waals surface area contributed by atoms with Gasteiger partial charge in [0.05, 0.1) is 6.61 Å². The van der Waals surface area contributed by atoms with Gasteiger partial charge in [0.25, 0.3) is 0 Å². The van der Waals surface area contributed by atoms with Gasteiger partial charge in [0, 0.05) is 23.1 Å². The predicted molar refractivity (Wildman–Crippen MR) is 91.5 cm³/mol. The summed E-state index contributed by atoms with van der Waals surface area (Å²) >= 11 is 3.61. The van der Waals surface area contributed by atoms with Crippen molar-refractivity contribution >= 4 is 21.6 Å². The first-order valence-corrected chi connectivity index (χ1v) is 8.18. The van der Waals surface area contributed by atoms with Crippen LogP contribution in [0.3, 0.4) is 0 Å². The molecule has 1 N–H and O–H groups in total. The van der Waals surface area contributed by atoms with E-state index in [1.165, 1.54) is 32.4 Å². The van der Waals surface area contributed by atoms with E-state index < -0.39 is 0 Å².